The Kier molecular flexibility index (Phi) is 6.10. The maximum absolute atomic E-state index is 13.5. The van der Waals surface area contributed by atoms with Gasteiger partial charge in [0, 0.05) is 0 Å². The number of halogens is 1. The number of nitrogens with zero attached hydrogens (tertiary/aromatic N) is 2. The van der Waals surface area contributed by atoms with Crippen LogP contribution in [0.4, 0.5) is 4.39 Å². The molecule has 6 rings (SSSR count). The van der Waals surface area contributed by atoms with Crippen LogP contribution in [0, 0.1) is 17.2 Å². The van der Waals surface area contributed by atoms with E-state index in [-0.39, 0.29) is 21.2 Å². The highest BCUT2D eigenvalue weighted by Gasteiger charge is 2.53. The van der Waals surface area contributed by atoms with Crippen molar-refractivity contribution in [2.24, 2.45) is 11.3 Å². The second-order valence-electron chi connectivity index (χ2n) is 10.2. The Morgan fingerprint density at radius 1 is 1.06 bits per heavy atom. The molecule has 2 fully saturated rings. The van der Waals surface area contributed by atoms with Crippen molar-refractivity contribution in [3.63, 3.8) is 0 Å². The average Bonchev–Trinajstić information content (AvgIpc) is 3.29. The zero-order valence-corrected chi connectivity index (χ0v) is 21.6. The zero-order chi connectivity index (χ0) is 24.0. The number of rotatable bonds is 4. The molecule has 1 aromatic heterocycles. The van der Waals surface area contributed by atoms with Crippen LogP contribution in [0.1, 0.15) is 49.4 Å². The topological polar surface area (TPSA) is 38.0 Å². The first kappa shape index (κ1) is 23.4. The summed E-state index contributed by atoms with van der Waals surface area (Å²) in [5.74, 6) is 2.10. The lowest BCUT2D eigenvalue weighted by Crippen LogP contribution is -2.50. The second-order valence-corrected chi connectivity index (χ2v) is 13.2. The van der Waals surface area contributed by atoms with Crippen molar-refractivity contribution in [1.29, 1.82) is 0 Å². The summed E-state index contributed by atoms with van der Waals surface area (Å²) < 4.78 is 15.1. The monoisotopic (exact) mass is 506 g/mol. The van der Waals surface area contributed by atoms with Crippen molar-refractivity contribution in [3.8, 4) is 5.69 Å². The molecule has 3 atom stereocenters. The smallest absolute Gasteiger partial charge is 0.123 e. The predicted octanol–water partition coefficient (Wildman–Crippen LogP) is 6.84. The van der Waals surface area contributed by atoms with Crippen molar-refractivity contribution in [2.45, 2.75) is 49.2 Å². The fourth-order valence-electron chi connectivity index (χ4n) is 6.36. The fraction of sp³-hybridized carbons (Fsp3) is 0.414. The fourth-order valence-corrected chi connectivity index (χ4v) is 9.84. The molecule has 0 radical (unpaired) electrons. The summed E-state index contributed by atoms with van der Waals surface area (Å²) in [5, 5.41) is 16.9. The van der Waals surface area contributed by atoms with Gasteiger partial charge >= 0.3 is 0 Å². The third kappa shape index (κ3) is 3.89. The molecule has 35 heavy (non-hydrogen) atoms. The van der Waals surface area contributed by atoms with Gasteiger partial charge < -0.3 is 5.11 Å². The summed E-state index contributed by atoms with van der Waals surface area (Å²) in [4.78, 5) is 0. The average molecular weight is 507 g/mol. The molecule has 0 bridgehead atoms. The summed E-state index contributed by atoms with van der Waals surface area (Å²) in [5.41, 5.74) is 5.72. The second kappa shape index (κ2) is 9.13. The van der Waals surface area contributed by atoms with E-state index in [1.54, 1.807) is 12.1 Å². The van der Waals surface area contributed by atoms with Crippen LogP contribution in [-0.4, -0.2) is 32.5 Å². The van der Waals surface area contributed by atoms with Crippen molar-refractivity contribution in [3.05, 3.63) is 89.0 Å². The van der Waals surface area contributed by atoms with Crippen LogP contribution < -0.4 is 0 Å². The molecule has 3 aromatic rings. The number of fused-ring (bicyclic) bond motifs is 2. The maximum Gasteiger partial charge on any atom is 0.123 e. The normalized spacial score (nSPS) is 26.4. The van der Waals surface area contributed by atoms with E-state index in [1.165, 1.54) is 35.3 Å². The first-order valence-electron chi connectivity index (χ1n) is 12.6. The summed E-state index contributed by atoms with van der Waals surface area (Å²) in [6, 6.07) is 17.2. The molecule has 1 saturated carbocycles. The van der Waals surface area contributed by atoms with E-state index in [0.717, 1.165) is 48.6 Å². The summed E-state index contributed by atoms with van der Waals surface area (Å²) in [6.45, 7) is 2.36. The quantitative estimate of drug-likeness (QED) is 0.420. The van der Waals surface area contributed by atoms with Gasteiger partial charge in [0.25, 0.3) is 0 Å². The molecule has 1 N–H and O–H groups in total. The lowest BCUT2D eigenvalue weighted by Gasteiger charge is -2.52. The Labute approximate surface area is 215 Å². The van der Waals surface area contributed by atoms with E-state index in [2.05, 4.69) is 48.4 Å². The van der Waals surface area contributed by atoms with Crippen LogP contribution in [0.2, 0.25) is 0 Å². The number of allylic oxidation sites excluding steroid dienone is 1. The predicted molar refractivity (Wildman–Crippen MR) is 144 cm³/mol. The Hall–Kier alpha value is -2.02. The lowest BCUT2D eigenvalue weighted by atomic mass is 9.57. The zero-order valence-electron chi connectivity index (χ0n) is 20.0. The van der Waals surface area contributed by atoms with Gasteiger partial charge in [-0.1, -0.05) is 42.8 Å². The largest absolute Gasteiger partial charge is 0.390 e. The minimum atomic E-state index is -0.442. The molecule has 0 spiro atoms. The Balaban J connectivity index is 1.38. The van der Waals surface area contributed by atoms with Gasteiger partial charge in [-0.3, -0.25) is 0 Å². The molecule has 2 aromatic carbocycles. The molecule has 3 unspecified atom stereocenters. The van der Waals surface area contributed by atoms with Gasteiger partial charge in [-0.05, 0) is 96.4 Å². The third-order valence-corrected chi connectivity index (χ3v) is 11.7. The van der Waals surface area contributed by atoms with Crippen LogP contribution in [0.3, 0.4) is 0 Å². The molecule has 1 aliphatic heterocycles. The van der Waals surface area contributed by atoms with Crippen molar-refractivity contribution < 1.29 is 9.50 Å². The summed E-state index contributed by atoms with van der Waals surface area (Å²) >= 11 is 3.88. The van der Waals surface area contributed by atoms with Gasteiger partial charge in [0.2, 0.25) is 0 Å². The SMILES string of the molecule is CC12Cc3cnn(-c4ccc(F)cc4)c3C=C1CCCC2C(O)C1(c2ccccc2)SCCCS1. The van der Waals surface area contributed by atoms with Crippen molar-refractivity contribution in [2.75, 3.05) is 11.5 Å². The van der Waals surface area contributed by atoms with Crippen LogP contribution in [0.5, 0.6) is 0 Å². The van der Waals surface area contributed by atoms with Crippen molar-refractivity contribution in [1.82, 2.24) is 9.78 Å². The number of hydrogen-bond donors (Lipinski definition) is 1. The van der Waals surface area contributed by atoms with E-state index in [9.17, 15) is 9.50 Å². The lowest BCUT2D eigenvalue weighted by molar-refractivity contribution is 0.0147. The highest BCUT2D eigenvalue weighted by molar-refractivity contribution is 8.18. The van der Waals surface area contributed by atoms with Crippen LogP contribution in [0.25, 0.3) is 11.8 Å². The number of aliphatic hydroxyl groups is 1. The van der Waals surface area contributed by atoms with Gasteiger partial charge in [0.05, 0.1) is 23.7 Å². The number of hydrogen-bond acceptors (Lipinski definition) is 4. The standard InChI is InChI=1S/C29H31FN2OS2/c1-28-18-20-19-31-32(24-13-11-23(30)12-14-24)26(20)17-22(28)9-5-10-25(28)27(33)29(34-15-6-16-35-29)21-7-3-2-4-8-21/h2-4,7-8,11-14,17,19,25,27,33H,5-6,9-10,15-16,18H2,1H3. The molecule has 3 aliphatic rings. The molecule has 2 heterocycles. The van der Waals surface area contributed by atoms with E-state index in [0.29, 0.717) is 0 Å². The van der Waals surface area contributed by atoms with Gasteiger partial charge in [-0.15, -0.1) is 23.5 Å². The molecule has 6 heteroatoms. The Bertz CT molecular complexity index is 1230. The number of thioether (sulfide) groups is 2. The molecule has 182 valence electrons. The summed E-state index contributed by atoms with van der Waals surface area (Å²) in [6.07, 6.45) is 9.06. The minimum Gasteiger partial charge on any atom is -0.390 e. The van der Waals surface area contributed by atoms with E-state index in [1.807, 2.05) is 34.4 Å². The maximum atomic E-state index is 13.5. The van der Waals surface area contributed by atoms with Crippen LogP contribution >= 0.6 is 23.5 Å². The van der Waals surface area contributed by atoms with Gasteiger partial charge in [-0.25, -0.2) is 9.07 Å². The molecular formula is C29H31FN2OS2. The number of aliphatic hydroxyl groups excluding tert-OH is 1. The van der Waals surface area contributed by atoms with E-state index in [4.69, 9.17) is 0 Å². The van der Waals surface area contributed by atoms with Crippen LogP contribution in [0.15, 0.2) is 66.4 Å². The molecule has 1 saturated heterocycles. The molecule has 3 nitrogen and oxygen atoms in total. The highest BCUT2D eigenvalue weighted by atomic mass is 32.2. The Morgan fingerprint density at radius 3 is 2.54 bits per heavy atom. The van der Waals surface area contributed by atoms with Crippen molar-refractivity contribution >= 4 is 29.6 Å². The number of benzene rings is 2. The first-order chi connectivity index (χ1) is 17.0. The third-order valence-electron chi connectivity index (χ3n) is 8.21. The van der Waals surface area contributed by atoms with E-state index < -0.39 is 6.10 Å². The Morgan fingerprint density at radius 2 is 1.80 bits per heavy atom. The molecular weight excluding hydrogens is 475 g/mol. The number of aromatic nitrogens is 2. The summed E-state index contributed by atoms with van der Waals surface area (Å²) in [7, 11) is 0. The molecule has 2 aliphatic carbocycles. The van der Waals surface area contributed by atoms with Gasteiger partial charge in [-0.2, -0.15) is 5.10 Å². The van der Waals surface area contributed by atoms with Gasteiger partial charge in [0.15, 0.2) is 0 Å². The van der Waals surface area contributed by atoms with E-state index >= 15 is 0 Å². The first-order valence-corrected chi connectivity index (χ1v) is 14.5. The minimum absolute atomic E-state index is 0.109. The highest BCUT2D eigenvalue weighted by Crippen LogP contribution is 2.60. The van der Waals surface area contributed by atoms with Gasteiger partial charge in [0.1, 0.15) is 9.90 Å². The van der Waals surface area contributed by atoms with Crippen LogP contribution in [-0.2, 0) is 10.5 Å². The molecule has 0 amide bonds.